The minimum atomic E-state index is -0.100. The molecule has 1 saturated heterocycles. The van der Waals surface area contributed by atoms with Gasteiger partial charge in [-0.15, -0.1) is 0 Å². The average molecular weight is 321 g/mol. The van der Waals surface area contributed by atoms with Gasteiger partial charge in [0, 0.05) is 33.0 Å². The van der Waals surface area contributed by atoms with Gasteiger partial charge in [-0.1, -0.05) is 0 Å². The van der Waals surface area contributed by atoms with Gasteiger partial charge in [0.2, 0.25) is 17.7 Å². The Bertz CT molecular complexity index is 573. The fraction of sp³-hybridized carbons (Fsp3) is 0.600. The fourth-order valence-corrected chi connectivity index (χ4v) is 2.33. The van der Waals surface area contributed by atoms with E-state index in [1.165, 1.54) is 4.90 Å². The number of carbonyl (C=O) groups is 2. The summed E-state index contributed by atoms with van der Waals surface area (Å²) in [6.07, 6.45) is 1.54. The Balaban J connectivity index is 1.76. The summed E-state index contributed by atoms with van der Waals surface area (Å²) in [6.45, 7) is 4.96. The number of likely N-dealkylation sites (tertiary alicyclic amines) is 1. The van der Waals surface area contributed by atoms with E-state index in [1.54, 1.807) is 7.05 Å². The molecular formula is C15H23N5O3. The molecule has 1 fully saturated rings. The van der Waals surface area contributed by atoms with E-state index in [2.05, 4.69) is 20.6 Å². The van der Waals surface area contributed by atoms with Crippen LogP contribution in [0, 0.1) is 13.8 Å². The Kier molecular flexibility index (Phi) is 5.72. The number of amides is 2. The number of hydrogen-bond donors (Lipinski definition) is 2. The summed E-state index contributed by atoms with van der Waals surface area (Å²) in [5, 5.41) is 6.15. The van der Waals surface area contributed by atoms with E-state index in [0.29, 0.717) is 50.7 Å². The molecule has 0 saturated carbocycles. The predicted octanol–water partition coefficient (Wildman–Crippen LogP) is 0.496. The van der Waals surface area contributed by atoms with E-state index in [1.807, 2.05) is 13.8 Å². The molecule has 2 rings (SSSR count). The Morgan fingerprint density at radius 3 is 2.52 bits per heavy atom. The zero-order chi connectivity index (χ0) is 16.8. The highest BCUT2D eigenvalue weighted by molar-refractivity contribution is 5.97. The molecule has 1 aromatic rings. The van der Waals surface area contributed by atoms with Gasteiger partial charge in [0.05, 0.1) is 12.2 Å². The second kappa shape index (κ2) is 7.75. The van der Waals surface area contributed by atoms with Crippen LogP contribution < -0.4 is 10.6 Å². The van der Waals surface area contributed by atoms with Crippen molar-refractivity contribution in [3.05, 3.63) is 17.3 Å². The molecule has 2 N–H and O–H groups in total. The normalized spacial score (nSPS) is 16.0. The summed E-state index contributed by atoms with van der Waals surface area (Å²) in [4.78, 5) is 33.1. The minimum Gasteiger partial charge on any atom is -0.444 e. The number of nitrogens with one attached hydrogen (secondary N) is 2. The molecule has 8 nitrogen and oxygen atoms in total. The molecule has 0 radical (unpaired) electrons. The number of carbonyl (C=O) groups excluding carboxylic acids is 2. The van der Waals surface area contributed by atoms with Crippen LogP contribution in [0.15, 0.2) is 9.41 Å². The van der Waals surface area contributed by atoms with E-state index in [0.717, 1.165) is 11.5 Å². The topological polar surface area (TPSA) is 99.8 Å². The molecule has 8 heteroatoms. The average Bonchev–Trinajstić information content (AvgIpc) is 2.84. The summed E-state index contributed by atoms with van der Waals surface area (Å²) in [5.74, 6) is 1.75. The molecule has 0 unspecified atom stereocenters. The number of aryl methyl sites for hydroxylation is 2. The Labute approximate surface area is 135 Å². The van der Waals surface area contributed by atoms with Crippen LogP contribution >= 0.6 is 0 Å². The first-order chi connectivity index (χ1) is 11.0. The van der Waals surface area contributed by atoms with Crippen LogP contribution in [0.3, 0.4) is 0 Å². The summed E-state index contributed by atoms with van der Waals surface area (Å²) in [7, 11) is 1.65. The largest absolute Gasteiger partial charge is 0.444 e. The lowest BCUT2D eigenvalue weighted by Gasteiger charge is -2.25. The molecule has 2 amide bonds. The van der Waals surface area contributed by atoms with Crippen LogP contribution in [-0.2, 0) is 16.1 Å². The third-order valence-corrected chi connectivity index (χ3v) is 3.71. The molecule has 1 aliphatic rings. The van der Waals surface area contributed by atoms with Gasteiger partial charge in [0.15, 0.2) is 5.96 Å². The first-order valence-electron chi connectivity index (χ1n) is 7.72. The molecule has 0 spiro atoms. The number of guanidine groups is 1. The number of hydrogen-bond acceptors (Lipinski definition) is 5. The monoisotopic (exact) mass is 321 g/mol. The zero-order valence-corrected chi connectivity index (χ0v) is 13.8. The van der Waals surface area contributed by atoms with Crippen molar-refractivity contribution in [2.45, 2.75) is 39.7 Å². The number of rotatable bonds is 5. The maximum absolute atomic E-state index is 11.7. The van der Waals surface area contributed by atoms with Crippen molar-refractivity contribution in [1.29, 1.82) is 0 Å². The van der Waals surface area contributed by atoms with Gasteiger partial charge in [-0.05, 0) is 20.3 Å². The Morgan fingerprint density at radius 1 is 1.26 bits per heavy atom. The van der Waals surface area contributed by atoms with Crippen molar-refractivity contribution >= 4 is 17.8 Å². The van der Waals surface area contributed by atoms with E-state index < -0.39 is 0 Å². The van der Waals surface area contributed by atoms with Gasteiger partial charge in [-0.2, -0.15) is 0 Å². The number of piperidine rings is 1. The second-order valence-corrected chi connectivity index (χ2v) is 5.39. The molecule has 2 heterocycles. The molecule has 0 aliphatic carbocycles. The van der Waals surface area contributed by atoms with Crippen molar-refractivity contribution in [1.82, 2.24) is 20.5 Å². The Morgan fingerprint density at radius 2 is 1.96 bits per heavy atom. The third-order valence-electron chi connectivity index (χ3n) is 3.71. The third kappa shape index (κ3) is 4.54. The predicted molar refractivity (Wildman–Crippen MR) is 84.7 cm³/mol. The van der Waals surface area contributed by atoms with Gasteiger partial charge >= 0.3 is 0 Å². The standard InChI is InChI=1S/C15H23N5O3/c1-10-11(2)23-12(19-10)9-18-15(16-3)17-7-8-20-13(21)5-4-6-14(20)22/h4-9H2,1-3H3,(H2,16,17,18). The zero-order valence-electron chi connectivity index (χ0n) is 13.8. The van der Waals surface area contributed by atoms with Crippen LogP contribution in [0.2, 0.25) is 0 Å². The first kappa shape index (κ1) is 17.0. The molecule has 0 aromatic carbocycles. The maximum Gasteiger partial charge on any atom is 0.229 e. The first-order valence-corrected chi connectivity index (χ1v) is 7.72. The van der Waals surface area contributed by atoms with Crippen LogP contribution in [0.1, 0.15) is 36.6 Å². The fourth-order valence-electron chi connectivity index (χ4n) is 2.33. The van der Waals surface area contributed by atoms with E-state index >= 15 is 0 Å². The van der Waals surface area contributed by atoms with Gasteiger partial charge < -0.3 is 15.1 Å². The van der Waals surface area contributed by atoms with Crippen LogP contribution in [0.4, 0.5) is 0 Å². The number of oxazole rings is 1. The summed E-state index contributed by atoms with van der Waals surface area (Å²) in [6, 6.07) is 0. The minimum absolute atomic E-state index is 0.100. The van der Waals surface area contributed by atoms with Crippen LogP contribution in [0.25, 0.3) is 0 Å². The number of aromatic nitrogens is 1. The molecular weight excluding hydrogens is 298 g/mol. The van der Waals surface area contributed by atoms with E-state index in [-0.39, 0.29) is 11.8 Å². The number of nitrogens with zero attached hydrogens (tertiary/aromatic N) is 3. The molecule has 23 heavy (non-hydrogen) atoms. The maximum atomic E-state index is 11.7. The van der Waals surface area contributed by atoms with Crippen molar-refractivity contribution in [2.75, 3.05) is 20.1 Å². The van der Waals surface area contributed by atoms with Gasteiger partial charge in [0.1, 0.15) is 5.76 Å². The summed E-state index contributed by atoms with van der Waals surface area (Å²) >= 11 is 0. The van der Waals surface area contributed by atoms with Crippen LogP contribution in [0.5, 0.6) is 0 Å². The molecule has 126 valence electrons. The second-order valence-electron chi connectivity index (χ2n) is 5.39. The van der Waals surface area contributed by atoms with Crippen LogP contribution in [-0.4, -0.2) is 47.8 Å². The lowest BCUT2D eigenvalue weighted by atomic mass is 10.1. The van der Waals surface area contributed by atoms with Crippen molar-refractivity contribution < 1.29 is 14.0 Å². The quantitative estimate of drug-likeness (QED) is 0.465. The van der Waals surface area contributed by atoms with E-state index in [9.17, 15) is 9.59 Å². The van der Waals surface area contributed by atoms with Crippen molar-refractivity contribution in [3.8, 4) is 0 Å². The van der Waals surface area contributed by atoms with Gasteiger partial charge in [-0.3, -0.25) is 19.5 Å². The summed E-state index contributed by atoms with van der Waals surface area (Å²) in [5.41, 5.74) is 0.867. The highest BCUT2D eigenvalue weighted by atomic mass is 16.4. The smallest absolute Gasteiger partial charge is 0.229 e. The molecule has 0 atom stereocenters. The number of aliphatic imine (C=N–C) groups is 1. The highest BCUT2D eigenvalue weighted by Gasteiger charge is 2.25. The van der Waals surface area contributed by atoms with Crippen molar-refractivity contribution in [3.63, 3.8) is 0 Å². The number of imide groups is 1. The van der Waals surface area contributed by atoms with E-state index in [4.69, 9.17) is 4.42 Å². The molecule has 0 bridgehead atoms. The van der Waals surface area contributed by atoms with Gasteiger partial charge in [0.25, 0.3) is 0 Å². The molecule has 1 aliphatic heterocycles. The lowest BCUT2D eigenvalue weighted by molar-refractivity contribution is -0.147. The SMILES string of the molecule is CN=C(NCCN1C(=O)CCCC1=O)NCc1nc(C)c(C)o1. The summed E-state index contributed by atoms with van der Waals surface area (Å²) < 4.78 is 5.48. The highest BCUT2D eigenvalue weighted by Crippen LogP contribution is 2.11. The van der Waals surface area contributed by atoms with Gasteiger partial charge in [-0.25, -0.2) is 4.98 Å². The Hall–Kier alpha value is -2.38. The van der Waals surface area contributed by atoms with Crippen molar-refractivity contribution in [2.24, 2.45) is 4.99 Å². The lowest BCUT2D eigenvalue weighted by Crippen LogP contribution is -2.46. The molecule has 1 aromatic heterocycles.